The summed E-state index contributed by atoms with van der Waals surface area (Å²) in [6.45, 7) is 7.14. The van der Waals surface area contributed by atoms with Crippen LogP contribution in [-0.4, -0.2) is 38.2 Å². The van der Waals surface area contributed by atoms with Gasteiger partial charge in [0.05, 0.1) is 7.11 Å². The molecular weight excluding hydrogens is 236 g/mol. The van der Waals surface area contributed by atoms with Gasteiger partial charge in [-0.2, -0.15) is 0 Å². The van der Waals surface area contributed by atoms with E-state index < -0.39 is 0 Å². The second-order valence-electron chi connectivity index (χ2n) is 5.35. The Morgan fingerprint density at radius 2 is 1.89 bits per heavy atom. The van der Waals surface area contributed by atoms with Crippen LogP contribution in [0.25, 0.3) is 0 Å². The molecule has 0 saturated carbocycles. The molecule has 1 aliphatic heterocycles. The molecule has 0 spiro atoms. The lowest BCUT2D eigenvalue weighted by atomic mass is 10.1. The van der Waals surface area contributed by atoms with Gasteiger partial charge in [0, 0.05) is 6.04 Å². The van der Waals surface area contributed by atoms with Crippen LogP contribution in [0.15, 0.2) is 24.3 Å². The van der Waals surface area contributed by atoms with Crippen molar-refractivity contribution < 1.29 is 4.74 Å². The molecule has 3 nitrogen and oxygen atoms in total. The average Bonchev–Trinajstić information content (AvgIpc) is 2.96. The summed E-state index contributed by atoms with van der Waals surface area (Å²) < 4.78 is 5.18. The van der Waals surface area contributed by atoms with Gasteiger partial charge in [-0.05, 0) is 70.1 Å². The molecule has 0 aromatic heterocycles. The third-order valence-electron chi connectivity index (χ3n) is 3.92. The molecule has 2 rings (SSSR count). The standard InChI is InChI=1S/C16H26N2O/c1-14(15-6-8-16(19-2)9-7-15)17-10-5-13-18-11-3-4-12-18/h6-9,14,17H,3-5,10-13H2,1-2H3. The third kappa shape index (κ3) is 4.51. The summed E-state index contributed by atoms with van der Waals surface area (Å²) in [5, 5.41) is 3.59. The van der Waals surface area contributed by atoms with Gasteiger partial charge in [-0.25, -0.2) is 0 Å². The minimum Gasteiger partial charge on any atom is -0.497 e. The molecule has 106 valence electrons. The predicted molar refractivity (Wildman–Crippen MR) is 79.7 cm³/mol. The summed E-state index contributed by atoms with van der Waals surface area (Å²) in [5.74, 6) is 0.921. The van der Waals surface area contributed by atoms with Crippen molar-refractivity contribution in [1.29, 1.82) is 0 Å². The number of ether oxygens (including phenoxy) is 1. The summed E-state index contributed by atoms with van der Waals surface area (Å²) in [6.07, 6.45) is 4.01. The molecule has 1 heterocycles. The van der Waals surface area contributed by atoms with E-state index in [2.05, 4.69) is 29.3 Å². The number of hydrogen-bond donors (Lipinski definition) is 1. The maximum Gasteiger partial charge on any atom is 0.118 e. The fourth-order valence-corrected chi connectivity index (χ4v) is 2.64. The molecule has 1 fully saturated rings. The number of likely N-dealkylation sites (tertiary alicyclic amines) is 1. The summed E-state index contributed by atoms with van der Waals surface area (Å²) >= 11 is 0. The molecule has 0 bridgehead atoms. The number of nitrogens with zero attached hydrogens (tertiary/aromatic N) is 1. The molecule has 1 aromatic carbocycles. The Morgan fingerprint density at radius 1 is 1.21 bits per heavy atom. The summed E-state index contributed by atoms with van der Waals surface area (Å²) in [5.41, 5.74) is 1.32. The zero-order valence-electron chi connectivity index (χ0n) is 12.2. The van der Waals surface area contributed by atoms with E-state index >= 15 is 0 Å². The third-order valence-corrected chi connectivity index (χ3v) is 3.92. The molecule has 1 aliphatic rings. The zero-order valence-corrected chi connectivity index (χ0v) is 12.2. The Morgan fingerprint density at radius 3 is 2.53 bits per heavy atom. The van der Waals surface area contributed by atoms with E-state index in [0.717, 1.165) is 12.3 Å². The van der Waals surface area contributed by atoms with Crippen LogP contribution in [0.3, 0.4) is 0 Å². The van der Waals surface area contributed by atoms with Gasteiger partial charge >= 0.3 is 0 Å². The van der Waals surface area contributed by atoms with Crippen molar-refractivity contribution in [1.82, 2.24) is 10.2 Å². The van der Waals surface area contributed by atoms with Gasteiger partial charge in [0.2, 0.25) is 0 Å². The monoisotopic (exact) mass is 262 g/mol. The molecule has 3 heteroatoms. The smallest absolute Gasteiger partial charge is 0.118 e. The minimum atomic E-state index is 0.407. The lowest BCUT2D eigenvalue weighted by Gasteiger charge is -2.17. The van der Waals surface area contributed by atoms with Crippen molar-refractivity contribution in [2.75, 3.05) is 33.3 Å². The van der Waals surface area contributed by atoms with Crippen LogP contribution in [0.4, 0.5) is 0 Å². The molecule has 1 unspecified atom stereocenters. The molecule has 1 saturated heterocycles. The number of benzene rings is 1. The fraction of sp³-hybridized carbons (Fsp3) is 0.625. The molecule has 0 amide bonds. The highest BCUT2D eigenvalue weighted by molar-refractivity contribution is 5.28. The van der Waals surface area contributed by atoms with Crippen molar-refractivity contribution in [3.63, 3.8) is 0 Å². The van der Waals surface area contributed by atoms with Crippen LogP contribution in [0.2, 0.25) is 0 Å². The zero-order chi connectivity index (χ0) is 13.5. The fourth-order valence-electron chi connectivity index (χ4n) is 2.64. The summed E-state index contributed by atoms with van der Waals surface area (Å²) in [4.78, 5) is 2.57. The van der Waals surface area contributed by atoms with Gasteiger partial charge in [-0.1, -0.05) is 12.1 Å². The van der Waals surface area contributed by atoms with Crippen molar-refractivity contribution in [3.05, 3.63) is 29.8 Å². The van der Waals surface area contributed by atoms with Crippen molar-refractivity contribution in [3.8, 4) is 5.75 Å². The van der Waals surface area contributed by atoms with Gasteiger partial charge < -0.3 is 15.0 Å². The SMILES string of the molecule is COc1ccc(C(C)NCCCN2CCCC2)cc1. The summed E-state index contributed by atoms with van der Waals surface area (Å²) in [6, 6.07) is 8.73. The van der Waals surface area contributed by atoms with E-state index in [1.807, 2.05) is 12.1 Å². The van der Waals surface area contributed by atoms with Gasteiger partial charge in [-0.15, -0.1) is 0 Å². The van der Waals surface area contributed by atoms with Crippen LogP contribution in [0.1, 0.15) is 37.8 Å². The highest BCUT2D eigenvalue weighted by Gasteiger charge is 2.10. The molecule has 1 aromatic rings. The van der Waals surface area contributed by atoms with E-state index in [0.29, 0.717) is 6.04 Å². The molecule has 1 atom stereocenters. The van der Waals surface area contributed by atoms with Crippen LogP contribution in [0, 0.1) is 0 Å². The normalized spacial score (nSPS) is 17.6. The van der Waals surface area contributed by atoms with E-state index in [4.69, 9.17) is 4.74 Å². The second-order valence-corrected chi connectivity index (χ2v) is 5.35. The van der Waals surface area contributed by atoms with E-state index in [-0.39, 0.29) is 0 Å². The van der Waals surface area contributed by atoms with Crippen molar-refractivity contribution in [2.24, 2.45) is 0 Å². The first-order valence-corrected chi connectivity index (χ1v) is 7.39. The maximum atomic E-state index is 5.18. The number of nitrogens with one attached hydrogen (secondary N) is 1. The predicted octanol–water partition coefficient (Wildman–Crippen LogP) is 2.83. The number of hydrogen-bond acceptors (Lipinski definition) is 3. The second kappa shape index (κ2) is 7.51. The van der Waals surface area contributed by atoms with Gasteiger partial charge in [0.15, 0.2) is 0 Å². The van der Waals surface area contributed by atoms with Crippen LogP contribution in [0.5, 0.6) is 5.75 Å². The topological polar surface area (TPSA) is 24.5 Å². The van der Waals surface area contributed by atoms with Crippen molar-refractivity contribution >= 4 is 0 Å². The Labute approximate surface area is 116 Å². The number of methoxy groups -OCH3 is 1. The first-order chi connectivity index (χ1) is 9.29. The van der Waals surface area contributed by atoms with Crippen LogP contribution < -0.4 is 10.1 Å². The maximum absolute atomic E-state index is 5.18. The Balaban J connectivity index is 1.66. The Kier molecular flexibility index (Phi) is 5.67. The van der Waals surface area contributed by atoms with Crippen LogP contribution >= 0.6 is 0 Å². The Bertz CT molecular complexity index is 358. The van der Waals surface area contributed by atoms with Gasteiger partial charge in [0.25, 0.3) is 0 Å². The highest BCUT2D eigenvalue weighted by atomic mass is 16.5. The van der Waals surface area contributed by atoms with Crippen LogP contribution in [-0.2, 0) is 0 Å². The first-order valence-electron chi connectivity index (χ1n) is 7.39. The number of rotatable bonds is 7. The Hall–Kier alpha value is -1.06. The molecular formula is C16H26N2O. The van der Waals surface area contributed by atoms with E-state index in [1.54, 1.807) is 7.11 Å². The molecule has 19 heavy (non-hydrogen) atoms. The van der Waals surface area contributed by atoms with Gasteiger partial charge in [-0.3, -0.25) is 0 Å². The molecule has 0 aliphatic carbocycles. The highest BCUT2D eigenvalue weighted by Crippen LogP contribution is 2.17. The van der Waals surface area contributed by atoms with Crippen molar-refractivity contribution in [2.45, 2.75) is 32.2 Å². The quantitative estimate of drug-likeness (QED) is 0.765. The average molecular weight is 262 g/mol. The molecule has 1 N–H and O–H groups in total. The lowest BCUT2D eigenvalue weighted by Crippen LogP contribution is -2.26. The largest absolute Gasteiger partial charge is 0.497 e. The van der Waals surface area contributed by atoms with Gasteiger partial charge in [0.1, 0.15) is 5.75 Å². The van der Waals surface area contributed by atoms with E-state index in [9.17, 15) is 0 Å². The summed E-state index contributed by atoms with van der Waals surface area (Å²) in [7, 11) is 1.70. The first kappa shape index (κ1) is 14.4. The van der Waals surface area contributed by atoms with E-state index in [1.165, 1.54) is 44.5 Å². The lowest BCUT2D eigenvalue weighted by molar-refractivity contribution is 0.328. The minimum absolute atomic E-state index is 0.407. The molecule has 0 radical (unpaired) electrons.